The van der Waals surface area contributed by atoms with Gasteiger partial charge in [0.15, 0.2) is 0 Å². The summed E-state index contributed by atoms with van der Waals surface area (Å²) in [6.07, 6.45) is 0. The summed E-state index contributed by atoms with van der Waals surface area (Å²) < 4.78 is 22.4. The van der Waals surface area contributed by atoms with Gasteiger partial charge in [-0.1, -0.05) is 60.7 Å². The van der Waals surface area contributed by atoms with Gasteiger partial charge >= 0.3 is 0 Å². The van der Waals surface area contributed by atoms with Crippen LogP contribution in [-0.4, -0.2) is 29.2 Å². The highest BCUT2D eigenvalue weighted by Gasteiger charge is 2.13. The molecule has 1 N–H and O–H groups in total. The van der Waals surface area contributed by atoms with E-state index in [-0.39, 0.29) is 5.95 Å². The molecule has 0 saturated heterocycles. The molecule has 2 heterocycles. The van der Waals surface area contributed by atoms with Gasteiger partial charge in [0.25, 0.3) is 0 Å². The van der Waals surface area contributed by atoms with E-state index in [1.807, 2.05) is 66.7 Å². The highest BCUT2D eigenvalue weighted by molar-refractivity contribution is 5.61. The van der Waals surface area contributed by atoms with E-state index in [2.05, 4.69) is 20.3 Å². The fourth-order valence-electron chi connectivity index (χ4n) is 2.96. The van der Waals surface area contributed by atoms with Crippen LogP contribution in [0, 0.1) is 0 Å². The first-order chi connectivity index (χ1) is 16.2. The Bertz CT molecular complexity index is 1150. The number of nitrogens with zero attached hydrogens (tertiary/aromatic N) is 3. The number of pyridine rings is 1. The second-order valence-electron chi connectivity index (χ2n) is 6.95. The third-order valence-corrected chi connectivity index (χ3v) is 4.63. The number of benzene rings is 2. The molecule has 0 aliphatic carbocycles. The first-order valence-corrected chi connectivity index (χ1v) is 10.3. The monoisotopic (exact) mass is 444 g/mol. The zero-order valence-electron chi connectivity index (χ0n) is 18.4. The summed E-state index contributed by atoms with van der Waals surface area (Å²) in [6, 6.07) is 24.9. The lowest BCUT2D eigenvalue weighted by Crippen LogP contribution is -2.06. The predicted octanol–water partition coefficient (Wildman–Crippen LogP) is 4.79. The van der Waals surface area contributed by atoms with Gasteiger partial charge < -0.3 is 24.3 Å². The smallest absolute Gasteiger partial charge is 0.241 e. The Morgan fingerprint density at radius 1 is 0.636 bits per heavy atom. The SMILES string of the molecule is COc1cc(OC)nc(Nc2ccc(OCc3ccccc3)nc2OCc2ccccc2)n1. The summed E-state index contributed by atoms with van der Waals surface area (Å²) in [4.78, 5) is 13.2. The van der Waals surface area contributed by atoms with Crippen molar-refractivity contribution in [2.24, 2.45) is 0 Å². The van der Waals surface area contributed by atoms with E-state index in [9.17, 15) is 0 Å². The molecule has 0 aliphatic rings. The van der Waals surface area contributed by atoms with Gasteiger partial charge in [-0.15, -0.1) is 0 Å². The molecule has 33 heavy (non-hydrogen) atoms. The number of anilines is 2. The zero-order valence-corrected chi connectivity index (χ0v) is 18.4. The maximum atomic E-state index is 6.03. The Kier molecular flexibility index (Phi) is 7.17. The van der Waals surface area contributed by atoms with Gasteiger partial charge in [0, 0.05) is 6.07 Å². The molecule has 0 radical (unpaired) electrons. The molecule has 0 saturated carbocycles. The summed E-state index contributed by atoms with van der Waals surface area (Å²) in [6.45, 7) is 0.738. The molecule has 2 aromatic carbocycles. The van der Waals surface area contributed by atoms with Crippen LogP contribution in [0.2, 0.25) is 0 Å². The number of hydrogen-bond acceptors (Lipinski definition) is 8. The van der Waals surface area contributed by atoms with Crippen molar-refractivity contribution in [3.63, 3.8) is 0 Å². The van der Waals surface area contributed by atoms with Crippen molar-refractivity contribution < 1.29 is 18.9 Å². The summed E-state index contributed by atoms with van der Waals surface area (Å²) >= 11 is 0. The van der Waals surface area contributed by atoms with Gasteiger partial charge in [0.1, 0.15) is 18.9 Å². The average Bonchev–Trinajstić information content (AvgIpc) is 2.88. The van der Waals surface area contributed by atoms with E-state index in [0.29, 0.717) is 42.4 Å². The minimum absolute atomic E-state index is 0.288. The molecule has 0 bridgehead atoms. The molecule has 4 aromatic rings. The van der Waals surface area contributed by atoms with Crippen molar-refractivity contribution in [1.29, 1.82) is 0 Å². The van der Waals surface area contributed by atoms with Gasteiger partial charge in [-0.05, 0) is 17.2 Å². The molecule has 0 aliphatic heterocycles. The quantitative estimate of drug-likeness (QED) is 0.374. The third-order valence-electron chi connectivity index (χ3n) is 4.63. The van der Waals surface area contributed by atoms with Crippen molar-refractivity contribution in [3.8, 4) is 23.5 Å². The van der Waals surface area contributed by atoms with Crippen molar-refractivity contribution in [2.45, 2.75) is 13.2 Å². The molecule has 0 unspecified atom stereocenters. The van der Waals surface area contributed by atoms with Crippen molar-refractivity contribution in [2.75, 3.05) is 19.5 Å². The summed E-state index contributed by atoms with van der Waals surface area (Å²) in [5.74, 6) is 1.82. The fourth-order valence-corrected chi connectivity index (χ4v) is 2.96. The van der Waals surface area contributed by atoms with E-state index < -0.39 is 0 Å². The molecule has 2 aromatic heterocycles. The van der Waals surface area contributed by atoms with Crippen LogP contribution in [0.15, 0.2) is 78.9 Å². The Morgan fingerprint density at radius 3 is 1.79 bits per heavy atom. The van der Waals surface area contributed by atoms with Crippen LogP contribution in [0.25, 0.3) is 0 Å². The van der Waals surface area contributed by atoms with Crippen LogP contribution in [-0.2, 0) is 13.2 Å². The number of nitrogens with one attached hydrogen (secondary N) is 1. The Labute approximate surface area is 192 Å². The summed E-state index contributed by atoms with van der Waals surface area (Å²) in [5.41, 5.74) is 2.64. The molecule has 8 heteroatoms. The van der Waals surface area contributed by atoms with Crippen LogP contribution in [0.4, 0.5) is 11.6 Å². The largest absolute Gasteiger partial charge is 0.481 e. The standard InChI is InChI=1S/C25H24N4O4/c1-30-22-15-23(31-2)29-25(28-22)26-20-13-14-21(32-16-18-9-5-3-6-10-18)27-24(20)33-17-19-11-7-4-8-12-19/h3-15H,16-17H2,1-2H3,(H,26,28,29). The zero-order chi connectivity index (χ0) is 22.9. The van der Waals surface area contributed by atoms with Gasteiger partial charge in [0.2, 0.25) is 29.5 Å². The van der Waals surface area contributed by atoms with Crippen molar-refractivity contribution in [1.82, 2.24) is 15.0 Å². The lowest BCUT2D eigenvalue weighted by atomic mass is 10.2. The second kappa shape index (κ2) is 10.8. The Hall–Kier alpha value is -4.33. The molecule has 0 spiro atoms. The van der Waals surface area contributed by atoms with E-state index in [1.165, 1.54) is 14.2 Å². The van der Waals surface area contributed by atoms with Crippen LogP contribution in [0.3, 0.4) is 0 Å². The number of ether oxygens (including phenoxy) is 4. The Balaban J connectivity index is 1.57. The lowest BCUT2D eigenvalue weighted by molar-refractivity contribution is 0.269. The number of hydrogen-bond donors (Lipinski definition) is 1. The average molecular weight is 444 g/mol. The molecule has 0 fully saturated rings. The minimum atomic E-state index is 0.288. The van der Waals surface area contributed by atoms with E-state index >= 15 is 0 Å². The number of aromatic nitrogens is 3. The fraction of sp³-hybridized carbons (Fsp3) is 0.160. The maximum Gasteiger partial charge on any atom is 0.241 e. The minimum Gasteiger partial charge on any atom is -0.481 e. The summed E-state index contributed by atoms with van der Waals surface area (Å²) in [5, 5.41) is 3.13. The van der Waals surface area contributed by atoms with Gasteiger partial charge in [-0.2, -0.15) is 15.0 Å². The van der Waals surface area contributed by atoms with Crippen LogP contribution in [0.5, 0.6) is 23.5 Å². The van der Waals surface area contributed by atoms with E-state index in [1.54, 1.807) is 12.1 Å². The topological polar surface area (TPSA) is 87.6 Å². The lowest BCUT2D eigenvalue weighted by Gasteiger charge is -2.14. The Morgan fingerprint density at radius 2 is 1.21 bits per heavy atom. The van der Waals surface area contributed by atoms with Crippen LogP contribution >= 0.6 is 0 Å². The second-order valence-corrected chi connectivity index (χ2v) is 6.95. The van der Waals surface area contributed by atoms with E-state index in [4.69, 9.17) is 18.9 Å². The molecular weight excluding hydrogens is 420 g/mol. The van der Waals surface area contributed by atoms with Gasteiger partial charge in [0.05, 0.1) is 20.3 Å². The highest BCUT2D eigenvalue weighted by atomic mass is 16.5. The highest BCUT2D eigenvalue weighted by Crippen LogP contribution is 2.30. The normalized spacial score (nSPS) is 10.4. The van der Waals surface area contributed by atoms with Crippen LogP contribution < -0.4 is 24.3 Å². The first kappa shape index (κ1) is 21.9. The molecular formula is C25H24N4O4. The number of methoxy groups -OCH3 is 2. The van der Waals surface area contributed by atoms with Gasteiger partial charge in [-0.3, -0.25) is 0 Å². The summed E-state index contributed by atoms with van der Waals surface area (Å²) in [7, 11) is 3.06. The third kappa shape index (κ3) is 6.10. The predicted molar refractivity (Wildman–Crippen MR) is 124 cm³/mol. The maximum absolute atomic E-state index is 6.03. The molecule has 0 amide bonds. The van der Waals surface area contributed by atoms with Crippen molar-refractivity contribution in [3.05, 3.63) is 90.0 Å². The van der Waals surface area contributed by atoms with Crippen molar-refractivity contribution >= 4 is 11.6 Å². The van der Waals surface area contributed by atoms with Crippen LogP contribution in [0.1, 0.15) is 11.1 Å². The molecule has 4 rings (SSSR count). The van der Waals surface area contributed by atoms with Gasteiger partial charge in [-0.25, -0.2) is 0 Å². The first-order valence-electron chi connectivity index (χ1n) is 10.3. The molecule has 0 atom stereocenters. The number of rotatable bonds is 10. The van der Waals surface area contributed by atoms with E-state index in [0.717, 1.165) is 11.1 Å². The molecule has 8 nitrogen and oxygen atoms in total. The molecule has 168 valence electrons.